The molecule has 0 radical (unpaired) electrons. The summed E-state index contributed by atoms with van der Waals surface area (Å²) in [5.74, 6) is 0.0691. The molecule has 112 valence electrons. The van der Waals surface area contributed by atoms with Gasteiger partial charge in [-0.1, -0.05) is 34.1 Å². The highest BCUT2D eigenvalue weighted by atomic mass is 16.4. The Hall–Kier alpha value is -0.570. The Morgan fingerprint density at radius 1 is 1.32 bits per heavy atom. The lowest BCUT2D eigenvalue weighted by Gasteiger charge is -2.45. The number of rotatable bonds is 7. The molecular weight excluding hydrogens is 238 g/mol. The Kier molecular flexibility index (Phi) is 5.84. The zero-order chi connectivity index (χ0) is 14.5. The normalized spacial score (nSPS) is 28.3. The molecule has 0 aromatic carbocycles. The standard InChI is InChI=1S/C16H31NO2/c1-5-11-17-16(12-14(18)19)9-7-13(8-10-16)15(3,4)6-2/h13,17H,5-12H2,1-4H3,(H,18,19). The van der Waals surface area contributed by atoms with E-state index in [1.807, 2.05) is 0 Å². The van der Waals surface area contributed by atoms with Gasteiger partial charge in [-0.15, -0.1) is 0 Å². The van der Waals surface area contributed by atoms with Gasteiger partial charge < -0.3 is 10.4 Å². The second kappa shape index (κ2) is 6.74. The first kappa shape index (κ1) is 16.5. The number of carboxylic acids is 1. The van der Waals surface area contributed by atoms with E-state index in [2.05, 4.69) is 33.0 Å². The lowest BCUT2D eigenvalue weighted by Crippen LogP contribution is -2.50. The van der Waals surface area contributed by atoms with Crippen molar-refractivity contribution in [2.75, 3.05) is 6.54 Å². The van der Waals surface area contributed by atoms with Crippen molar-refractivity contribution in [1.29, 1.82) is 0 Å². The van der Waals surface area contributed by atoms with Crippen molar-refractivity contribution in [3.8, 4) is 0 Å². The molecule has 2 N–H and O–H groups in total. The van der Waals surface area contributed by atoms with Crippen molar-refractivity contribution >= 4 is 5.97 Å². The molecule has 1 saturated carbocycles. The van der Waals surface area contributed by atoms with Crippen LogP contribution < -0.4 is 5.32 Å². The van der Waals surface area contributed by atoms with Gasteiger partial charge in [0.15, 0.2) is 0 Å². The summed E-state index contributed by atoms with van der Waals surface area (Å²) in [7, 11) is 0. The minimum atomic E-state index is -0.670. The third-order valence-electron chi connectivity index (χ3n) is 5.20. The van der Waals surface area contributed by atoms with Crippen LogP contribution in [0.1, 0.15) is 72.6 Å². The molecule has 3 heteroatoms. The first-order valence-electron chi connectivity index (χ1n) is 7.82. The van der Waals surface area contributed by atoms with E-state index < -0.39 is 5.97 Å². The zero-order valence-corrected chi connectivity index (χ0v) is 13.1. The Balaban J connectivity index is 2.65. The maximum atomic E-state index is 11.1. The predicted octanol–water partition coefficient (Wildman–Crippen LogP) is 3.83. The van der Waals surface area contributed by atoms with Crippen LogP contribution in [0.25, 0.3) is 0 Å². The van der Waals surface area contributed by atoms with Gasteiger partial charge >= 0.3 is 5.97 Å². The fourth-order valence-corrected chi connectivity index (χ4v) is 3.34. The molecule has 1 fully saturated rings. The summed E-state index contributed by atoms with van der Waals surface area (Å²) < 4.78 is 0. The van der Waals surface area contributed by atoms with Crippen LogP contribution in [0.5, 0.6) is 0 Å². The van der Waals surface area contributed by atoms with Crippen molar-refractivity contribution < 1.29 is 9.90 Å². The first-order valence-corrected chi connectivity index (χ1v) is 7.82. The van der Waals surface area contributed by atoms with Crippen LogP contribution in [0.15, 0.2) is 0 Å². The molecule has 0 atom stereocenters. The first-order chi connectivity index (χ1) is 8.85. The SMILES string of the molecule is CCCNC1(CC(=O)O)CCC(C(C)(C)CC)CC1. The minimum absolute atomic E-state index is 0.151. The average molecular weight is 269 g/mol. The number of hydrogen-bond acceptors (Lipinski definition) is 2. The highest BCUT2D eigenvalue weighted by Crippen LogP contribution is 2.44. The predicted molar refractivity (Wildman–Crippen MR) is 79.3 cm³/mol. The van der Waals surface area contributed by atoms with E-state index in [9.17, 15) is 4.79 Å². The van der Waals surface area contributed by atoms with Crippen LogP contribution in [0.2, 0.25) is 0 Å². The summed E-state index contributed by atoms with van der Waals surface area (Å²) in [6.07, 6.45) is 6.86. The summed E-state index contributed by atoms with van der Waals surface area (Å²) in [6, 6.07) is 0. The van der Waals surface area contributed by atoms with Crippen LogP contribution in [0.3, 0.4) is 0 Å². The largest absolute Gasteiger partial charge is 0.481 e. The zero-order valence-electron chi connectivity index (χ0n) is 13.1. The molecule has 1 rings (SSSR count). The van der Waals surface area contributed by atoms with Crippen LogP contribution in [-0.4, -0.2) is 23.2 Å². The molecule has 0 saturated heterocycles. The van der Waals surface area contributed by atoms with Gasteiger partial charge in [-0.3, -0.25) is 4.79 Å². The van der Waals surface area contributed by atoms with E-state index in [0.29, 0.717) is 5.41 Å². The second-order valence-corrected chi connectivity index (χ2v) is 6.89. The van der Waals surface area contributed by atoms with Gasteiger partial charge in [0, 0.05) is 5.54 Å². The lowest BCUT2D eigenvalue weighted by atomic mass is 9.65. The molecule has 0 spiro atoms. The lowest BCUT2D eigenvalue weighted by molar-refractivity contribution is -0.139. The molecule has 0 heterocycles. The van der Waals surface area contributed by atoms with Crippen LogP contribution in [0, 0.1) is 11.3 Å². The van der Waals surface area contributed by atoms with Gasteiger partial charge in [0.25, 0.3) is 0 Å². The summed E-state index contributed by atoms with van der Waals surface area (Å²) in [5.41, 5.74) is 0.238. The molecule has 1 aliphatic rings. The van der Waals surface area contributed by atoms with E-state index in [4.69, 9.17) is 5.11 Å². The average Bonchev–Trinajstić information content (AvgIpc) is 2.36. The molecule has 0 aliphatic heterocycles. The smallest absolute Gasteiger partial charge is 0.305 e. The van der Waals surface area contributed by atoms with Crippen molar-refractivity contribution in [2.24, 2.45) is 11.3 Å². The van der Waals surface area contributed by atoms with Crippen LogP contribution >= 0.6 is 0 Å². The highest BCUT2D eigenvalue weighted by molar-refractivity contribution is 5.68. The Labute approximate surface area is 118 Å². The minimum Gasteiger partial charge on any atom is -0.481 e. The number of aliphatic carboxylic acids is 1. The van der Waals surface area contributed by atoms with Crippen molar-refractivity contribution in [2.45, 2.75) is 78.2 Å². The van der Waals surface area contributed by atoms with Crippen LogP contribution in [0.4, 0.5) is 0 Å². The molecular formula is C16H31NO2. The molecule has 3 nitrogen and oxygen atoms in total. The van der Waals surface area contributed by atoms with Gasteiger partial charge in [0.05, 0.1) is 6.42 Å². The number of carboxylic acid groups (broad SMARTS) is 1. The third kappa shape index (κ3) is 4.48. The molecule has 19 heavy (non-hydrogen) atoms. The molecule has 0 aromatic rings. The summed E-state index contributed by atoms with van der Waals surface area (Å²) in [4.78, 5) is 11.1. The van der Waals surface area contributed by atoms with Gasteiger partial charge in [0.1, 0.15) is 0 Å². The van der Waals surface area contributed by atoms with Crippen molar-refractivity contribution in [3.05, 3.63) is 0 Å². The maximum Gasteiger partial charge on any atom is 0.305 e. The topological polar surface area (TPSA) is 49.3 Å². The fraction of sp³-hybridized carbons (Fsp3) is 0.938. The molecule has 1 aliphatic carbocycles. The molecule has 0 amide bonds. The Morgan fingerprint density at radius 3 is 2.32 bits per heavy atom. The maximum absolute atomic E-state index is 11.1. The van der Waals surface area contributed by atoms with E-state index in [-0.39, 0.29) is 12.0 Å². The van der Waals surface area contributed by atoms with E-state index in [1.165, 1.54) is 6.42 Å². The molecule has 0 aromatic heterocycles. The molecule has 0 unspecified atom stereocenters. The number of carbonyl (C=O) groups is 1. The van der Waals surface area contributed by atoms with Crippen LogP contribution in [-0.2, 0) is 4.79 Å². The Morgan fingerprint density at radius 2 is 1.89 bits per heavy atom. The van der Waals surface area contributed by atoms with E-state index in [0.717, 1.165) is 44.6 Å². The summed E-state index contributed by atoms with van der Waals surface area (Å²) >= 11 is 0. The van der Waals surface area contributed by atoms with Crippen molar-refractivity contribution in [3.63, 3.8) is 0 Å². The van der Waals surface area contributed by atoms with Gasteiger partial charge in [0.2, 0.25) is 0 Å². The summed E-state index contributed by atoms with van der Waals surface area (Å²) in [6.45, 7) is 10.0. The summed E-state index contributed by atoms with van der Waals surface area (Å²) in [5, 5.41) is 12.7. The monoisotopic (exact) mass is 269 g/mol. The second-order valence-electron chi connectivity index (χ2n) is 6.89. The number of nitrogens with one attached hydrogen (secondary N) is 1. The van der Waals surface area contributed by atoms with E-state index >= 15 is 0 Å². The quantitative estimate of drug-likeness (QED) is 0.738. The van der Waals surface area contributed by atoms with Gasteiger partial charge in [-0.25, -0.2) is 0 Å². The van der Waals surface area contributed by atoms with E-state index in [1.54, 1.807) is 0 Å². The van der Waals surface area contributed by atoms with Crippen molar-refractivity contribution in [1.82, 2.24) is 5.32 Å². The Bertz CT molecular complexity index is 291. The fourth-order valence-electron chi connectivity index (χ4n) is 3.34. The molecule has 0 bridgehead atoms. The van der Waals surface area contributed by atoms with Gasteiger partial charge in [-0.2, -0.15) is 0 Å². The highest BCUT2D eigenvalue weighted by Gasteiger charge is 2.40. The number of hydrogen-bond donors (Lipinski definition) is 2. The van der Waals surface area contributed by atoms with Gasteiger partial charge in [-0.05, 0) is 50.0 Å². The third-order valence-corrected chi connectivity index (χ3v) is 5.20.